The van der Waals surface area contributed by atoms with Crippen molar-refractivity contribution in [2.24, 2.45) is 5.73 Å². The molecule has 0 fully saturated rings. The fourth-order valence-corrected chi connectivity index (χ4v) is 1.47. The average Bonchev–Trinajstić information content (AvgIpc) is 2.81. The first-order valence-electron chi connectivity index (χ1n) is 5.06. The quantitative estimate of drug-likeness (QED) is 0.787. The van der Waals surface area contributed by atoms with Crippen LogP contribution < -0.4 is 5.73 Å². The molecule has 2 rings (SSSR count). The first-order valence-corrected chi connectivity index (χ1v) is 5.06. The molecule has 0 aliphatic heterocycles. The second-order valence-electron chi connectivity index (χ2n) is 3.67. The molecule has 4 nitrogen and oxygen atoms in total. The molecule has 0 radical (unpaired) electrons. The Morgan fingerprint density at radius 2 is 2.06 bits per heavy atom. The standard InChI is InChI=1S/C12H13N3O/c1-9(13)12(16)10-2-4-11(5-3-10)15-7-6-14-8-15/h2-9H,13H2,1H3. The maximum absolute atomic E-state index is 11.6. The predicted octanol–water partition coefficient (Wildman–Crippen LogP) is 1.40. The summed E-state index contributed by atoms with van der Waals surface area (Å²) in [6.45, 7) is 1.69. The summed E-state index contributed by atoms with van der Waals surface area (Å²) in [6.07, 6.45) is 5.27. The van der Waals surface area contributed by atoms with Crippen LogP contribution in [0.15, 0.2) is 43.0 Å². The third-order valence-corrected chi connectivity index (χ3v) is 2.37. The molecule has 1 atom stereocenters. The van der Waals surface area contributed by atoms with Crippen molar-refractivity contribution < 1.29 is 4.79 Å². The number of hydrogen-bond acceptors (Lipinski definition) is 3. The Kier molecular flexibility index (Phi) is 2.83. The summed E-state index contributed by atoms with van der Waals surface area (Å²) in [5, 5.41) is 0. The van der Waals surface area contributed by atoms with Gasteiger partial charge in [0.05, 0.1) is 12.4 Å². The summed E-state index contributed by atoms with van der Waals surface area (Å²) in [6, 6.07) is 6.84. The Morgan fingerprint density at radius 1 is 1.38 bits per heavy atom. The van der Waals surface area contributed by atoms with Gasteiger partial charge in [0.2, 0.25) is 0 Å². The smallest absolute Gasteiger partial charge is 0.179 e. The summed E-state index contributed by atoms with van der Waals surface area (Å²) in [7, 11) is 0. The van der Waals surface area contributed by atoms with E-state index in [4.69, 9.17) is 5.73 Å². The number of benzene rings is 1. The van der Waals surface area contributed by atoms with Crippen molar-refractivity contribution in [1.82, 2.24) is 9.55 Å². The predicted molar refractivity (Wildman–Crippen MR) is 61.5 cm³/mol. The maximum atomic E-state index is 11.6. The number of Topliss-reactive ketones (excluding diaryl/α,β-unsaturated/α-hetero) is 1. The van der Waals surface area contributed by atoms with Crippen LogP contribution in [0.3, 0.4) is 0 Å². The molecule has 0 aliphatic carbocycles. The number of aromatic nitrogens is 2. The highest BCUT2D eigenvalue weighted by atomic mass is 16.1. The zero-order valence-corrected chi connectivity index (χ0v) is 9.00. The van der Waals surface area contributed by atoms with Crippen LogP contribution >= 0.6 is 0 Å². The van der Waals surface area contributed by atoms with Gasteiger partial charge < -0.3 is 10.3 Å². The van der Waals surface area contributed by atoms with Crippen molar-refractivity contribution >= 4 is 5.78 Å². The second kappa shape index (κ2) is 4.28. The van der Waals surface area contributed by atoms with Crippen LogP contribution in [0.5, 0.6) is 0 Å². The molecule has 0 saturated carbocycles. The van der Waals surface area contributed by atoms with Gasteiger partial charge in [-0.05, 0) is 31.2 Å². The molecule has 1 aromatic carbocycles. The van der Waals surface area contributed by atoms with Crippen molar-refractivity contribution in [2.45, 2.75) is 13.0 Å². The third-order valence-electron chi connectivity index (χ3n) is 2.37. The molecular weight excluding hydrogens is 202 g/mol. The van der Waals surface area contributed by atoms with Crippen molar-refractivity contribution in [3.8, 4) is 5.69 Å². The van der Waals surface area contributed by atoms with Crippen molar-refractivity contribution in [3.05, 3.63) is 48.5 Å². The highest BCUT2D eigenvalue weighted by Crippen LogP contribution is 2.10. The minimum Gasteiger partial charge on any atom is -0.321 e. The number of carbonyl (C=O) groups is 1. The van der Waals surface area contributed by atoms with Gasteiger partial charge in [-0.25, -0.2) is 4.98 Å². The third kappa shape index (κ3) is 2.01. The molecule has 1 aromatic heterocycles. The lowest BCUT2D eigenvalue weighted by atomic mass is 10.1. The summed E-state index contributed by atoms with van der Waals surface area (Å²) in [5.74, 6) is -0.0443. The number of hydrogen-bond donors (Lipinski definition) is 1. The van der Waals surface area contributed by atoms with Gasteiger partial charge in [0.1, 0.15) is 0 Å². The minimum absolute atomic E-state index is 0.0443. The van der Waals surface area contributed by atoms with Crippen LogP contribution in [0.25, 0.3) is 5.69 Å². The van der Waals surface area contributed by atoms with Crippen LogP contribution in [0.1, 0.15) is 17.3 Å². The molecule has 0 spiro atoms. The monoisotopic (exact) mass is 215 g/mol. The van der Waals surface area contributed by atoms with Crippen molar-refractivity contribution in [3.63, 3.8) is 0 Å². The molecule has 0 bridgehead atoms. The van der Waals surface area contributed by atoms with Gasteiger partial charge in [-0.2, -0.15) is 0 Å². The fourth-order valence-electron chi connectivity index (χ4n) is 1.47. The molecule has 82 valence electrons. The van der Waals surface area contributed by atoms with Gasteiger partial charge in [0.15, 0.2) is 5.78 Å². The van der Waals surface area contributed by atoms with E-state index in [9.17, 15) is 4.79 Å². The Hall–Kier alpha value is -1.94. The molecule has 2 N–H and O–H groups in total. The number of nitrogens with two attached hydrogens (primary N) is 1. The van der Waals surface area contributed by atoms with E-state index in [0.29, 0.717) is 5.56 Å². The number of carbonyl (C=O) groups excluding carboxylic acids is 1. The van der Waals surface area contributed by atoms with Gasteiger partial charge in [-0.3, -0.25) is 4.79 Å². The van der Waals surface area contributed by atoms with E-state index < -0.39 is 6.04 Å². The number of rotatable bonds is 3. The van der Waals surface area contributed by atoms with Crippen LogP contribution in [0.4, 0.5) is 0 Å². The van der Waals surface area contributed by atoms with Crippen LogP contribution in [0.2, 0.25) is 0 Å². The zero-order valence-electron chi connectivity index (χ0n) is 9.00. The maximum Gasteiger partial charge on any atom is 0.179 e. The van der Waals surface area contributed by atoms with Gasteiger partial charge in [0.25, 0.3) is 0 Å². The minimum atomic E-state index is -0.459. The van der Waals surface area contributed by atoms with E-state index in [1.54, 1.807) is 31.6 Å². The average molecular weight is 215 g/mol. The van der Waals surface area contributed by atoms with E-state index in [0.717, 1.165) is 5.69 Å². The van der Waals surface area contributed by atoms with E-state index in [1.807, 2.05) is 22.9 Å². The fraction of sp³-hybridized carbons (Fsp3) is 0.167. The summed E-state index contributed by atoms with van der Waals surface area (Å²) in [5.41, 5.74) is 7.14. The topological polar surface area (TPSA) is 60.9 Å². The normalized spacial score (nSPS) is 12.4. The highest BCUT2D eigenvalue weighted by molar-refractivity contribution is 5.99. The van der Waals surface area contributed by atoms with Crippen LogP contribution in [-0.4, -0.2) is 21.4 Å². The van der Waals surface area contributed by atoms with Gasteiger partial charge in [0, 0.05) is 23.6 Å². The number of ketones is 1. The molecule has 0 saturated heterocycles. The van der Waals surface area contributed by atoms with Gasteiger partial charge >= 0.3 is 0 Å². The van der Waals surface area contributed by atoms with E-state index >= 15 is 0 Å². The number of nitrogens with zero attached hydrogens (tertiary/aromatic N) is 2. The second-order valence-corrected chi connectivity index (χ2v) is 3.67. The Balaban J connectivity index is 2.27. The summed E-state index contributed by atoms with van der Waals surface area (Å²) >= 11 is 0. The summed E-state index contributed by atoms with van der Waals surface area (Å²) in [4.78, 5) is 15.6. The molecule has 4 heteroatoms. The van der Waals surface area contributed by atoms with E-state index in [-0.39, 0.29) is 5.78 Å². The SMILES string of the molecule is CC(N)C(=O)c1ccc(-n2ccnc2)cc1. The van der Waals surface area contributed by atoms with Crippen molar-refractivity contribution in [1.29, 1.82) is 0 Å². The molecule has 1 heterocycles. The van der Waals surface area contributed by atoms with Crippen molar-refractivity contribution in [2.75, 3.05) is 0 Å². The lowest BCUT2D eigenvalue weighted by Crippen LogP contribution is -2.26. The van der Waals surface area contributed by atoms with E-state index in [1.165, 1.54) is 0 Å². The highest BCUT2D eigenvalue weighted by Gasteiger charge is 2.10. The molecule has 16 heavy (non-hydrogen) atoms. The molecule has 0 amide bonds. The zero-order chi connectivity index (χ0) is 11.5. The van der Waals surface area contributed by atoms with Crippen LogP contribution in [-0.2, 0) is 0 Å². The van der Waals surface area contributed by atoms with Gasteiger partial charge in [-0.1, -0.05) is 0 Å². The first-order chi connectivity index (χ1) is 7.68. The number of imidazole rings is 1. The largest absolute Gasteiger partial charge is 0.321 e. The summed E-state index contributed by atoms with van der Waals surface area (Å²) < 4.78 is 1.88. The van der Waals surface area contributed by atoms with Crippen LogP contribution in [0, 0.1) is 0 Å². The molecule has 1 unspecified atom stereocenters. The lowest BCUT2D eigenvalue weighted by molar-refractivity contribution is 0.0968. The Morgan fingerprint density at radius 3 is 2.56 bits per heavy atom. The molecule has 2 aromatic rings. The Labute approximate surface area is 93.7 Å². The first kappa shape index (κ1) is 10.6. The Bertz CT molecular complexity index is 471. The lowest BCUT2D eigenvalue weighted by Gasteiger charge is -2.06. The molecular formula is C12H13N3O. The van der Waals surface area contributed by atoms with Gasteiger partial charge in [-0.15, -0.1) is 0 Å². The molecule has 0 aliphatic rings. The van der Waals surface area contributed by atoms with E-state index in [2.05, 4.69) is 4.98 Å².